The second kappa shape index (κ2) is 5.01. The van der Waals surface area contributed by atoms with Gasteiger partial charge in [-0.25, -0.2) is 14.4 Å². The summed E-state index contributed by atoms with van der Waals surface area (Å²) >= 11 is 0. The number of hydrogen-bond donors (Lipinski definition) is 0. The van der Waals surface area contributed by atoms with Crippen molar-refractivity contribution in [3.05, 3.63) is 53.1 Å². The molecule has 19 heavy (non-hydrogen) atoms. The quantitative estimate of drug-likeness (QED) is 0.824. The first kappa shape index (κ1) is 12.2. The van der Waals surface area contributed by atoms with Gasteiger partial charge in [0.1, 0.15) is 11.6 Å². The van der Waals surface area contributed by atoms with Crippen LogP contribution in [0.3, 0.4) is 0 Å². The topological polar surface area (TPSA) is 41.9 Å². The van der Waals surface area contributed by atoms with Crippen LogP contribution in [0.4, 0.5) is 4.39 Å². The molecule has 5 heteroatoms. The van der Waals surface area contributed by atoms with E-state index in [4.69, 9.17) is 0 Å². The van der Waals surface area contributed by atoms with Gasteiger partial charge in [0.05, 0.1) is 6.20 Å². The van der Waals surface area contributed by atoms with Gasteiger partial charge in [-0.3, -0.25) is 9.88 Å². The highest BCUT2D eigenvalue weighted by Crippen LogP contribution is 2.18. The zero-order chi connectivity index (χ0) is 13.2. The third-order valence-electron chi connectivity index (χ3n) is 3.30. The van der Waals surface area contributed by atoms with E-state index in [1.54, 1.807) is 6.20 Å². The van der Waals surface area contributed by atoms with E-state index in [0.717, 1.165) is 36.6 Å². The number of halogens is 1. The van der Waals surface area contributed by atoms with Crippen molar-refractivity contribution in [2.45, 2.75) is 26.4 Å². The number of aromatic nitrogens is 3. The molecule has 0 aromatic carbocycles. The van der Waals surface area contributed by atoms with Crippen molar-refractivity contribution in [3.63, 3.8) is 0 Å². The number of pyridine rings is 1. The Hall–Kier alpha value is -1.88. The van der Waals surface area contributed by atoms with Crippen LogP contribution in [0.15, 0.2) is 24.7 Å². The summed E-state index contributed by atoms with van der Waals surface area (Å²) in [5.41, 5.74) is 3.21. The molecule has 2 aromatic heterocycles. The summed E-state index contributed by atoms with van der Waals surface area (Å²) in [5.74, 6) is 0.537. The molecule has 0 spiro atoms. The highest BCUT2D eigenvalue weighted by molar-refractivity contribution is 5.21. The molecule has 0 unspecified atom stereocenters. The fourth-order valence-electron chi connectivity index (χ4n) is 2.41. The third kappa shape index (κ3) is 2.76. The van der Waals surface area contributed by atoms with Crippen LogP contribution in [-0.4, -0.2) is 26.4 Å². The summed E-state index contributed by atoms with van der Waals surface area (Å²) in [5, 5.41) is 0. The molecule has 0 atom stereocenters. The fourth-order valence-corrected chi connectivity index (χ4v) is 2.41. The Bertz CT molecular complexity index is 600. The van der Waals surface area contributed by atoms with Crippen LogP contribution in [0.25, 0.3) is 0 Å². The SMILES string of the molecule is Cc1ncc2c(n1)CCN(Cc1cncc(F)c1)C2. The Morgan fingerprint density at radius 3 is 3.05 bits per heavy atom. The smallest absolute Gasteiger partial charge is 0.141 e. The molecular formula is C14H15FN4. The van der Waals surface area contributed by atoms with Crippen molar-refractivity contribution in [1.82, 2.24) is 19.9 Å². The van der Waals surface area contributed by atoms with Crippen molar-refractivity contribution >= 4 is 0 Å². The lowest BCUT2D eigenvalue weighted by atomic mass is 10.1. The minimum atomic E-state index is -0.283. The van der Waals surface area contributed by atoms with Crippen LogP contribution >= 0.6 is 0 Å². The molecule has 3 heterocycles. The first-order chi connectivity index (χ1) is 9.20. The molecule has 98 valence electrons. The van der Waals surface area contributed by atoms with Crippen LogP contribution in [0.1, 0.15) is 22.6 Å². The van der Waals surface area contributed by atoms with Crippen molar-refractivity contribution < 1.29 is 4.39 Å². The number of hydrogen-bond acceptors (Lipinski definition) is 4. The summed E-state index contributed by atoms with van der Waals surface area (Å²) in [6.45, 7) is 4.36. The lowest BCUT2D eigenvalue weighted by Gasteiger charge is -2.27. The lowest BCUT2D eigenvalue weighted by molar-refractivity contribution is 0.242. The van der Waals surface area contributed by atoms with Gasteiger partial charge in [-0.15, -0.1) is 0 Å². The predicted octanol–water partition coefficient (Wildman–Crippen LogP) is 1.88. The second-order valence-electron chi connectivity index (χ2n) is 4.86. The molecule has 0 N–H and O–H groups in total. The Balaban J connectivity index is 1.74. The lowest BCUT2D eigenvalue weighted by Crippen LogP contribution is -2.31. The molecule has 2 aromatic rings. The van der Waals surface area contributed by atoms with E-state index in [2.05, 4.69) is 19.9 Å². The second-order valence-corrected chi connectivity index (χ2v) is 4.86. The summed E-state index contributed by atoms with van der Waals surface area (Å²) in [6.07, 6.45) is 5.75. The van der Waals surface area contributed by atoms with Crippen LogP contribution in [0.5, 0.6) is 0 Å². The average molecular weight is 258 g/mol. The largest absolute Gasteiger partial charge is 0.294 e. The molecule has 0 amide bonds. The van der Waals surface area contributed by atoms with E-state index in [1.807, 2.05) is 13.1 Å². The van der Waals surface area contributed by atoms with Gasteiger partial charge in [0.25, 0.3) is 0 Å². The van der Waals surface area contributed by atoms with Gasteiger partial charge in [-0.05, 0) is 18.6 Å². The molecule has 4 nitrogen and oxygen atoms in total. The average Bonchev–Trinajstić information content (AvgIpc) is 2.39. The Kier molecular flexibility index (Phi) is 3.21. The number of aryl methyl sites for hydroxylation is 1. The Morgan fingerprint density at radius 2 is 2.21 bits per heavy atom. The van der Waals surface area contributed by atoms with Crippen LogP contribution < -0.4 is 0 Å². The zero-order valence-electron chi connectivity index (χ0n) is 10.8. The van der Waals surface area contributed by atoms with Crippen LogP contribution in [0.2, 0.25) is 0 Å². The monoisotopic (exact) mass is 258 g/mol. The molecule has 0 saturated heterocycles. The third-order valence-corrected chi connectivity index (χ3v) is 3.30. The van der Waals surface area contributed by atoms with Gasteiger partial charge in [-0.2, -0.15) is 0 Å². The van der Waals surface area contributed by atoms with E-state index in [9.17, 15) is 4.39 Å². The summed E-state index contributed by atoms with van der Waals surface area (Å²) in [7, 11) is 0. The molecule has 0 fully saturated rings. The standard InChI is InChI=1S/C14H15FN4/c1-10-17-6-12-9-19(3-2-14(12)18-10)8-11-4-13(15)7-16-5-11/h4-7H,2-3,8-9H2,1H3. The highest BCUT2D eigenvalue weighted by Gasteiger charge is 2.18. The van der Waals surface area contributed by atoms with Crippen LogP contribution in [-0.2, 0) is 19.5 Å². The minimum Gasteiger partial charge on any atom is -0.294 e. The Labute approximate surface area is 111 Å². The first-order valence-corrected chi connectivity index (χ1v) is 6.34. The maximum atomic E-state index is 13.1. The van der Waals surface area contributed by atoms with E-state index < -0.39 is 0 Å². The Morgan fingerprint density at radius 1 is 1.32 bits per heavy atom. The van der Waals surface area contributed by atoms with Gasteiger partial charge in [0.2, 0.25) is 0 Å². The molecule has 0 saturated carbocycles. The maximum absolute atomic E-state index is 13.1. The van der Waals surface area contributed by atoms with Crippen molar-refractivity contribution in [3.8, 4) is 0 Å². The number of nitrogens with zero attached hydrogens (tertiary/aromatic N) is 4. The number of rotatable bonds is 2. The fraction of sp³-hybridized carbons (Fsp3) is 0.357. The maximum Gasteiger partial charge on any atom is 0.141 e. The van der Waals surface area contributed by atoms with Gasteiger partial charge < -0.3 is 0 Å². The van der Waals surface area contributed by atoms with Gasteiger partial charge >= 0.3 is 0 Å². The minimum absolute atomic E-state index is 0.283. The van der Waals surface area contributed by atoms with Crippen molar-refractivity contribution in [2.24, 2.45) is 0 Å². The first-order valence-electron chi connectivity index (χ1n) is 6.34. The zero-order valence-corrected chi connectivity index (χ0v) is 10.8. The molecule has 0 radical (unpaired) electrons. The summed E-state index contributed by atoms with van der Waals surface area (Å²) in [4.78, 5) is 14.8. The number of fused-ring (bicyclic) bond motifs is 1. The molecule has 1 aliphatic rings. The van der Waals surface area contributed by atoms with Gasteiger partial charge in [-0.1, -0.05) is 0 Å². The molecule has 0 bridgehead atoms. The van der Waals surface area contributed by atoms with Gasteiger partial charge in [0, 0.05) is 49.7 Å². The van der Waals surface area contributed by atoms with Crippen LogP contribution in [0, 0.1) is 12.7 Å². The summed E-state index contributed by atoms with van der Waals surface area (Å²) in [6, 6.07) is 1.54. The predicted molar refractivity (Wildman–Crippen MR) is 68.8 cm³/mol. The van der Waals surface area contributed by atoms with Crippen molar-refractivity contribution in [1.29, 1.82) is 0 Å². The summed E-state index contributed by atoms with van der Waals surface area (Å²) < 4.78 is 13.1. The van der Waals surface area contributed by atoms with Gasteiger partial charge in [0.15, 0.2) is 0 Å². The van der Waals surface area contributed by atoms with E-state index in [-0.39, 0.29) is 5.82 Å². The van der Waals surface area contributed by atoms with E-state index in [0.29, 0.717) is 6.54 Å². The normalized spacial score (nSPS) is 15.3. The highest BCUT2D eigenvalue weighted by atomic mass is 19.1. The van der Waals surface area contributed by atoms with E-state index >= 15 is 0 Å². The molecule has 3 rings (SSSR count). The molecular weight excluding hydrogens is 243 g/mol. The molecule has 1 aliphatic heterocycles. The van der Waals surface area contributed by atoms with Crippen molar-refractivity contribution in [2.75, 3.05) is 6.54 Å². The molecule has 0 aliphatic carbocycles. The van der Waals surface area contributed by atoms with E-state index in [1.165, 1.54) is 17.8 Å².